The fourth-order valence-corrected chi connectivity index (χ4v) is 0.706. The lowest BCUT2D eigenvalue weighted by Crippen LogP contribution is -2.34. The Bertz CT molecular complexity index is 191. The van der Waals surface area contributed by atoms with E-state index in [0.717, 1.165) is 5.71 Å². The topological polar surface area (TPSA) is 28.0 Å². The summed E-state index contributed by atoms with van der Waals surface area (Å²) >= 11 is 0. The van der Waals surface area contributed by atoms with Gasteiger partial charge in [-0.05, 0) is 20.8 Å². The number of hydrogen-bond acceptors (Lipinski definition) is 3. The summed E-state index contributed by atoms with van der Waals surface area (Å²) in [6.45, 7) is 6.09. The molecule has 56 valence electrons. The average Bonchev–Trinajstić information content (AvgIpc) is 1.81. The van der Waals surface area contributed by atoms with Gasteiger partial charge in [-0.3, -0.25) is 10.0 Å². The van der Waals surface area contributed by atoms with Crippen LogP contribution in [-0.4, -0.2) is 29.6 Å². The summed E-state index contributed by atoms with van der Waals surface area (Å²) < 4.78 is 0. The smallest absolute Gasteiger partial charge is 0.107 e. The van der Waals surface area contributed by atoms with Crippen LogP contribution >= 0.6 is 0 Å². The molecule has 1 aliphatic rings. The molecule has 1 heterocycles. The molecule has 1 rings (SSSR count). The Hall–Kier alpha value is -0.860. The second kappa shape index (κ2) is 2.08. The van der Waals surface area contributed by atoms with Crippen molar-refractivity contribution in [3.63, 3.8) is 0 Å². The molecule has 0 spiro atoms. The van der Waals surface area contributed by atoms with Crippen molar-refractivity contribution in [3.05, 3.63) is 0 Å². The first-order valence-electron chi connectivity index (χ1n) is 3.36. The Morgan fingerprint density at radius 2 is 2.10 bits per heavy atom. The minimum absolute atomic E-state index is 0.105. The van der Waals surface area contributed by atoms with Crippen LogP contribution in [0.1, 0.15) is 20.8 Å². The summed E-state index contributed by atoms with van der Waals surface area (Å²) in [5.41, 5.74) is 0.949. The lowest BCUT2D eigenvalue weighted by molar-refractivity contribution is 0.512. The van der Waals surface area contributed by atoms with E-state index < -0.39 is 0 Å². The van der Waals surface area contributed by atoms with Gasteiger partial charge in [0.15, 0.2) is 0 Å². The number of aliphatic imine (C=N–C) groups is 1. The molecule has 0 bridgehead atoms. The van der Waals surface area contributed by atoms with Crippen molar-refractivity contribution in [1.29, 1.82) is 0 Å². The molecule has 0 aromatic rings. The molecule has 0 N–H and O–H groups in total. The third-order valence-corrected chi connectivity index (χ3v) is 1.74. The molecule has 0 radical (unpaired) electrons. The van der Waals surface area contributed by atoms with Crippen LogP contribution in [0.3, 0.4) is 0 Å². The van der Waals surface area contributed by atoms with Crippen molar-refractivity contribution in [2.75, 3.05) is 7.05 Å². The molecular formula is C7H13N3. The van der Waals surface area contributed by atoms with Gasteiger partial charge in [-0.25, -0.2) is 0 Å². The van der Waals surface area contributed by atoms with E-state index in [0.29, 0.717) is 0 Å². The summed E-state index contributed by atoms with van der Waals surface area (Å²) in [5.74, 6) is 0. The molecule has 0 saturated heterocycles. The van der Waals surface area contributed by atoms with Crippen LogP contribution in [0.2, 0.25) is 0 Å². The van der Waals surface area contributed by atoms with Gasteiger partial charge in [0.1, 0.15) is 6.34 Å². The third kappa shape index (κ3) is 1.17. The number of nitrogens with zero attached hydrogens (tertiary/aromatic N) is 3. The van der Waals surface area contributed by atoms with Gasteiger partial charge in [0.2, 0.25) is 0 Å². The van der Waals surface area contributed by atoms with Crippen LogP contribution in [0.5, 0.6) is 0 Å². The monoisotopic (exact) mass is 139 g/mol. The van der Waals surface area contributed by atoms with Gasteiger partial charge < -0.3 is 0 Å². The van der Waals surface area contributed by atoms with E-state index in [9.17, 15) is 0 Å². The molecule has 0 aliphatic carbocycles. The fourth-order valence-electron chi connectivity index (χ4n) is 0.706. The Morgan fingerprint density at radius 3 is 2.50 bits per heavy atom. The van der Waals surface area contributed by atoms with Crippen molar-refractivity contribution in [1.82, 2.24) is 5.01 Å². The highest BCUT2D eigenvalue weighted by atomic mass is 15.5. The lowest BCUT2D eigenvalue weighted by Gasteiger charge is -2.25. The van der Waals surface area contributed by atoms with Crippen LogP contribution in [0, 0.1) is 0 Å². The summed E-state index contributed by atoms with van der Waals surface area (Å²) in [5, 5.41) is 5.96. The van der Waals surface area contributed by atoms with Crippen molar-refractivity contribution in [2.24, 2.45) is 10.1 Å². The number of rotatable bonds is 0. The summed E-state index contributed by atoms with van der Waals surface area (Å²) in [7, 11) is 1.88. The van der Waals surface area contributed by atoms with E-state index in [1.807, 2.05) is 14.0 Å². The predicted molar refractivity (Wildman–Crippen MR) is 43.4 cm³/mol. The van der Waals surface area contributed by atoms with Gasteiger partial charge in [0, 0.05) is 7.05 Å². The summed E-state index contributed by atoms with van der Waals surface area (Å²) in [6.07, 6.45) is 1.74. The van der Waals surface area contributed by atoms with E-state index >= 15 is 0 Å². The van der Waals surface area contributed by atoms with Gasteiger partial charge in [-0.15, -0.1) is 0 Å². The minimum Gasteiger partial charge on any atom is -0.262 e. The summed E-state index contributed by atoms with van der Waals surface area (Å²) in [4.78, 5) is 4.29. The van der Waals surface area contributed by atoms with Crippen LogP contribution < -0.4 is 0 Å². The van der Waals surface area contributed by atoms with Crippen molar-refractivity contribution >= 4 is 12.1 Å². The van der Waals surface area contributed by atoms with Crippen molar-refractivity contribution < 1.29 is 0 Å². The van der Waals surface area contributed by atoms with Crippen LogP contribution in [0.15, 0.2) is 10.1 Å². The largest absolute Gasteiger partial charge is 0.262 e. The highest BCUT2D eigenvalue weighted by molar-refractivity contribution is 5.93. The summed E-state index contributed by atoms with van der Waals surface area (Å²) in [6, 6.07) is 0. The minimum atomic E-state index is -0.105. The molecule has 0 fully saturated rings. The van der Waals surface area contributed by atoms with E-state index in [2.05, 4.69) is 23.9 Å². The second-order valence-corrected chi connectivity index (χ2v) is 3.06. The Morgan fingerprint density at radius 1 is 1.50 bits per heavy atom. The molecule has 10 heavy (non-hydrogen) atoms. The third-order valence-electron chi connectivity index (χ3n) is 1.74. The Kier molecular flexibility index (Phi) is 1.50. The van der Waals surface area contributed by atoms with Gasteiger partial charge in [0.25, 0.3) is 0 Å². The normalized spacial score (nSPS) is 22.8. The first-order chi connectivity index (χ1) is 4.52. The van der Waals surface area contributed by atoms with Gasteiger partial charge in [0.05, 0.1) is 11.3 Å². The average molecular weight is 139 g/mol. The van der Waals surface area contributed by atoms with Gasteiger partial charge in [-0.1, -0.05) is 0 Å². The maximum absolute atomic E-state index is 4.29. The molecule has 0 aromatic heterocycles. The molecule has 0 unspecified atom stereocenters. The quantitative estimate of drug-likeness (QED) is 0.494. The highest BCUT2D eigenvalue weighted by Gasteiger charge is 2.22. The van der Waals surface area contributed by atoms with E-state index in [1.165, 1.54) is 0 Å². The maximum atomic E-state index is 4.29. The first-order valence-corrected chi connectivity index (χ1v) is 3.36. The highest BCUT2D eigenvalue weighted by Crippen LogP contribution is 2.14. The molecule has 3 heteroatoms. The lowest BCUT2D eigenvalue weighted by atomic mass is 10.0. The molecular weight excluding hydrogens is 126 g/mol. The standard InChI is InChI=1S/C7H13N3/c1-6-7(2,3)8-5-10(4)9-6/h5H,1-4H3. The van der Waals surface area contributed by atoms with E-state index in [1.54, 1.807) is 11.3 Å². The van der Waals surface area contributed by atoms with Gasteiger partial charge in [-0.2, -0.15) is 5.10 Å². The van der Waals surface area contributed by atoms with E-state index in [4.69, 9.17) is 0 Å². The number of hydrazone groups is 1. The molecule has 3 nitrogen and oxygen atoms in total. The van der Waals surface area contributed by atoms with Crippen LogP contribution in [0.4, 0.5) is 0 Å². The Labute approximate surface area is 61.4 Å². The van der Waals surface area contributed by atoms with Crippen molar-refractivity contribution in [2.45, 2.75) is 26.3 Å². The molecule has 0 aromatic carbocycles. The van der Waals surface area contributed by atoms with Gasteiger partial charge >= 0.3 is 0 Å². The van der Waals surface area contributed by atoms with E-state index in [-0.39, 0.29) is 5.54 Å². The zero-order valence-electron chi connectivity index (χ0n) is 6.92. The van der Waals surface area contributed by atoms with Crippen molar-refractivity contribution in [3.8, 4) is 0 Å². The molecule has 0 amide bonds. The Balaban J connectivity index is 2.87. The predicted octanol–water partition coefficient (Wildman–Crippen LogP) is 1.11. The fraction of sp³-hybridized carbons (Fsp3) is 0.714. The molecule has 0 atom stereocenters. The second-order valence-electron chi connectivity index (χ2n) is 3.06. The molecule has 1 aliphatic heterocycles. The molecule has 0 saturated carbocycles. The maximum Gasteiger partial charge on any atom is 0.107 e. The van der Waals surface area contributed by atoms with Crippen LogP contribution in [0.25, 0.3) is 0 Å². The number of hydrogen-bond donors (Lipinski definition) is 0. The SMILES string of the molecule is CC1=NN(C)C=NC1(C)C. The zero-order chi connectivity index (χ0) is 7.78. The zero-order valence-corrected chi connectivity index (χ0v) is 6.92. The first kappa shape index (κ1) is 7.25. The van der Waals surface area contributed by atoms with Crippen LogP contribution in [-0.2, 0) is 0 Å².